The molecule has 0 radical (unpaired) electrons. The summed E-state index contributed by atoms with van der Waals surface area (Å²) in [5, 5.41) is 11.8. The first-order chi connectivity index (χ1) is 11.7. The van der Waals surface area contributed by atoms with Crippen LogP contribution >= 0.6 is 11.8 Å². The van der Waals surface area contributed by atoms with Gasteiger partial charge in [-0.1, -0.05) is 42.1 Å². The number of nitro groups is 1. The number of benzene rings is 2. The Labute approximate surface area is 143 Å². The lowest BCUT2D eigenvalue weighted by atomic mass is 10.1. The number of nitro benzene ring substituents is 1. The first kappa shape index (κ1) is 16.2. The highest BCUT2D eigenvalue weighted by molar-refractivity contribution is 8.13. The number of amidine groups is 1. The smallest absolute Gasteiger partial charge is 0.282 e. The van der Waals surface area contributed by atoms with Crippen LogP contribution in [0.3, 0.4) is 0 Å². The summed E-state index contributed by atoms with van der Waals surface area (Å²) in [6.45, 7) is 0.504. The number of thioether (sulfide) groups is 1. The second-order valence-electron chi connectivity index (χ2n) is 5.16. The number of amides is 1. The van der Waals surface area contributed by atoms with Crippen LogP contribution in [0.2, 0.25) is 0 Å². The van der Waals surface area contributed by atoms with Gasteiger partial charge < -0.3 is 0 Å². The molecule has 0 spiro atoms. The number of hydrogen-bond acceptors (Lipinski definition) is 5. The van der Waals surface area contributed by atoms with E-state index in [0.29, 0.717) is 11.7 Å². The number of nitrogens with zero attached hydrogens (tertiary/aromatic N) is 3. The minimum absolute atomic E-state index is 0.0887. The minimum Gasteiger partial charge on any atom is -0.287 e. The quantitative estimate of drug-likeness (QED) is 0.627. The maximum Gasteiger partial charge on any atom is 0.282 e. The Kier molecular flexibility index (Phi) is 4.90. The molecular formula is C17H15N3O3S. The summed E-state index contributed by atoms with van der Waals surface area (Å²) in [6.07, 6.45) is 0.824. The monoisotopic (exact) mass is 341 g/mol. The van der Waals surface area contributed by atoms with Crippen molar-refractivity contribution in [1.29, 1.82) is 0 Å². The molecule has 0 saturated carbocycles. The normalized spacial score (nSPS) is 16.2. The van der Waals surface area contributed by atoms with Crippen molar-refractivity contribution in [3.05, 3.63) is 70.3 Å². The molecule has 0 atom stereocenters. The summed E-state index contributed by atoms with van der Waals surface area (Å²) < 4.78 is 0. The van der Waals surface area contributed by atoms with Gasteiger partial charge in [-0.05, 0) is 24.6 Å². The zero-order valence-corrected chi connectivity index (χ0v) is 13.6. The fraction of sp³-hybridized carbons (Fsp3) is 0.176. The van der Waals surface area contributed by atoms with Crippen molar-refractivity contribution in [1.82, 2.24) is 4.90 Å². The van der Waals surface area contributed by atoms with E-state index in [-0.39, 0.29) is 17.2 Å². The van der Waals surface area contributed by atoms with Crippen molar-refractivity contribution >= 4 is 34.2 Å². The van der Waals surface area contributed by atoms with Crippen LogP contribution in [0.4, 0.5) is 11.4 Å². The van der Waals surface area contributed by atoms with Gasteiger partial charge >= 0.3 is 0 Å². The second-order valence-corrected chi connectivity index (χ2v) is 6.23. The standard InChI is InChI=1S/C17H15N3O3S/c21-16(14-9-4-5-10-15(14)20(22)23)19-11-6-12-24-17(19)18-13-7-2-1-3-8-13/h1-5,7-10H,6,11-12H2. The van der Waals surface area contributed by atoms with Gasteiger partial charge in [0, 0.05) is 18.4 Å². The zero-order chi connectivity index (χ0) is 16.9. The average Bonchev–Trinajstić information content (AvgIpc) is 2.62. The van der Waals surface area contributed by atoms with Gasteiger partial charge in [0.05, 0.1) is 10.6 Å². The minimum atomic E-state index is -0.529. The van der Waals surface area contributed by atoms with Crippen molar-refractivity contribution in [3.8, 4) is 0 Å². The van der Waals surface area contributed by atoms with Gasteiger partial charge in [-0.25, -0.2) is 4.99 Å². The van der Waals surface area contributed by atoms with Gasteiger partial charge in [-0.15, -0.1) is 0 Å². The Hall–Kier alpha value is -2.67. The molecule has 1 aliphatic rings. The van der Waals surface area contributed by atoms with Crippen LogP contribution in [0.5, 0.6) is 0 Å². The summed E-state index contributed by atoms with van der Waals surface area (Å²) in [7, 11) is 0. The van der Waals surface area contributed by atoms with Crippen LogP contribution in [-0.4, -0.2) is 33.2 Å². The SMILES string of the molecule is O=C(c1ccccc1[N+](=O)[O-])N1CCCSC1=Nc1ccccc1. The molecule has 0 bridgehead atoms. The molecule has 1 amide bonds. The fourth-order valence-corrected chi connectivity index (χ4v) is 3.37. The Morgan fingerprint density at radius 3 is 2.58 bits per heavy atom. The third-order valence-electron chi connectivity index (χ3n) is 3.55. The lowest BCUT2D eigenvalue weighted by Gasteiger charge is -2.27. The van der Waals surface area contributed by atoms with Crippen molar-refractivity contribution in [3.63, 3.8) is 0 Å². The van der Waals surface area contributed by atoms with Crippen LogP contribution in [0.25, 0.3) is 0 Å². The van der Waals surface area contributed by atoms with E-state index in [1.807, 2.05) is 30.3 Å². The summed E-state index contributed by atoms with van der Waals surface area (Å²) >= 11 is 1.49. The average molecular weight is 341 g/mol. The molecule has 0 aliphatic carbocycles. The number of aliphatic imine (C=N–C) groups is 1. The van der Waals surface area contributed by atoms with Crippen LogP contribution < -0.4 is 0 Å². The van der Waals surface area contributed by atoms with Gasteiger partial charge in [0.2, 0.25) is 0 Å². The lowest BCUT2D eigenvalue weighted by Crippen LogP contribution is -2.39. The molecule has 3 rings (SSSR count). The van der Waals surface area contributed by atoms with E-state index < -0.39 is 4.92 Å². The first-order valence-electron chi connectivity index (χ1n) is 7.48. The van der Waals surface area contributed by atoms with Gasteiger partial charge in [0.25, 0.3) is 11.6 Å². The number of rotatable bonds is 3. The third-order valence-corrected chi connectivity index (χ3v) is 4.61. The molecule has 6 nitrogen and oxygen atoms in total. The molecule has 1 fully saturated rings. The van der Waals surface area contributed by atoms with E-state index in [0.717, 1.165) is 17.9 Å². The van der Waals surface area contributed by atoms with Crippen molar-refractivity contribution in [2.24, 2.45) is 4.99 Å². The van der Waals surface area contributed by atoms with E-state index in [1.165, 1.54) is 28.8 Å². The summed E-state index contributed by atoms with van der Waals surface area (Å²) in [4.78, 5) is 29.6. The van der Waals surface area contributed by atoms with Crippen molar-refractivity contribution in [2.45, 2.75) is 6.42 Å². The zero-order valence-electron chi connectivity index (χ0n) is 12.8. The van der Waals surface area contributed by atoms with Gasteiger partial charge in [0.1, 0.15) is 5.56 Å². The Balaban J connectivity index is 1.95. The summed E-state index contributed by atoms with van der Waals surface area (Å²) in [5.41, 5.74) is 0.658. The highest BCUT2D eigenvalue weighted by Crippen LogP contribution is 2.26. The second kappa shape index (κ2) is 7.27. The Morgan fingerprint density at radius 1 is 1.12 bits per heavy atom. The van der Waals surface area contributed by atoms with Gasteiger partial charge in [-0.3, -0.25) is 19.8 Å². The van der Waals surface area contributed by atoms with Crippen molar-refractivity contribution < 1.29 is 9.72 Å². The van der Waals surface area contributed by atoms with Gasteiger partial charge in [-0.2, -0.15) is 0 Å². The molecule has 7 heteroatoms. The Bertz CT molecular complexity index is 793. The number of para-hydroxylation sites is 2. The summed E-state index contributed by atoms with van der Waals surface area (Å²) in [6, 6.07) is 15.4. The number of carbonyl (C=O) groups excluding carboxylic acids is 1. The predicted octanol–water partition coefficient (Wildman–Crippen LogP) is 3.86. The third kappa shape index (κ3) is 3.46. The largest absolute Gasteiger partial charge is 0.287 e. The molecular weight excluding hydrogens is 326 g/mol. The van der Waals surface area contributed by atoms with Crippen LogP contribution in [0, 0.1) is 10.1 Å². The lowest BCUT2D eigenvalue weighted by molar-refractivity contribution is -0.385. The molecule has 24 heavy (non-hydrogen) atoms. The maximum absolute atomic E-state index is 12.9. The van der Waals surface area contributed by atoms with E-state index in [9.17, 15) is 14.9 Å². The van der Waals surface area contributed by atoms with E-state index in [2.05, 4.69) is 4.99 Å². The molecule has 0 N–H and O–H groups in total. The van der Waals surface area contributed by atoms with E-state index in [1.54, 1.807) is 12.1 Å². The molecule has 1 heterocycles. The van der Waals surface area contributed by atoms with Crippen LogP contribution in [0.1, 0.15) is 16.8 Å². The highest BCUT2D eigenvalue weighted by Gasteiger charge is 2.29. The van der Waals surface area contributed by atoms with Crippen molar-refractivity contribution in [2.75, 3.05) is 12.3 Å². The van der Waals surface area contributed by atoms with E-state index in [4.69, 9.17) is 0 Å². The molecule has 2 aromatic rings. The van der Waals surface area contributed by atoms with E-state index >= 15 is 0 Å². The molecule has 0 aromatic heterocycles. The predicted molar refractivity (Wildman–Crippen MR) is 94.7 cm³/mol. The first-order valence-corrected chi connectivity index (χ1v) is 8.47. The maximum atomic E-state index is 12.9. The Morgan fingerprint density at radius 2 is 1.83 bits per heavy atom. The van der Waals surface area contributed by atoms with Crippen LogP contribution in [0.15, 0.2) is 59.6 Å². The topological polar surface area (TPSA) is 75.8 Å². The number of hydrogen-bond donors (Lipinski definition) is 0. The van der Waals surface area contributed by atoms with Crippen LogP contribution in [-0.2, 0) is 0 Å². The molecule has 2 aromatic carbocycles. The molecule has 0 unspecified atom stereocenters. The summed E-state index contributed by atoms with van der Waals surface area (Å²) in [5.74, 6) is 0.482. The van der Waals surface area contributed by atoms with Gasteiger partial charge in [0.15, 0.2) is 5.17 Å². The highest BCUT2D eigenvalue weighted by atomic mass is 32.2. The number of carbonyl (C=O) groups is 1. The molecule has 1 aliphatic heterocycles. The fourth-order valence-electron chi connectivity index (χ4n) is 2.41. The molecule has 1 saturated heterocycles. The molecule has 122 valence electrons.